The van der Waals surface area contributed by atoms with Crippen LogP contribution in [0.3, 0.4) is 0 Å². The lowest BCUT2D eigenvalue weighted by molar-refractivity contribution is -0.105. The van der Waals surface area contributed by atoms with E-state index in [1.807, 2.05) is 17.2 Å². The zero-order valence-electron chi connectivity index (χ0n) is 13.5. The average Bonchev–Trinajstić information content (AvgIpc) is 3.17. The number of amides is 1. The van der Waals surface area contributed by atoms with E-state index in [-0.39, 0.29) is 11.5 Å². The second-order valence-electron chi connectivity index (χ2n) is 6.46. The molecule has 4 rings (SSSR count). The highest BCUT2D eigenvalue weighted by Crippen LogP contribution is 2.31. The molecule has 0 aromatic carbocycles. The SMILES string of the molecule is O=C(c1ccn[nH]1)N1CCO[C@]2(CCCN(c3cccnc3)C2)C1. The second-order valence-corrected chi connectivity index (χ2v) is 6.46. The van der Waals surface area contributed by atoms with Crippen molar-refractivity contribution < 1.29 is 9.53 Å². The molecule has 2 aliphatic heterocycles. The van der Waals surface area contributed by atoms with Crippen molar-refractivity contribution in [2.45, 2.75) is 18.4 Å². The third-order valence-corrected chi connectivity index (χ3v) is 4.82. The van der Waals surface area contributed by atoms with Gasteiger partial charge in [0, 0.05) is 32.0 Å². The summed E-state index contributed by atoms with van der Waals surface area (Å²) in [6.07, 6.45) is 7.28. The highest BCUT2D eigenvalue weighted by atomic mass is 16.5. The highest BCUT2D eigenvalue weighted by molar-refractivity contribution is 5.92. The first-order valence-corrected chi connectivity index (χ1v) is 8.33. The molecule has 1 atom stereocenters. The summed E-state index contributed by atoms with van der Waals surface area (Å²) in [4.78, 5) is 21.0. The summed E-state index contributed by atoms with van der Waals surface area (Å²) < 4.78 is 6.17. The molecule has 0 aliphatic carbocycles. The number of pyridine rings is 1. The van der Waals surface area contributed by atoms with E-state index in [2.05, 4.69) is 26.1 Å². The molecular formula is C17H21N5O2. The monoisotopic (exact) mass is 327 g/mol. The Morgan fingerprint density at radius 1 is 1.25 bits per heavy atom. The van der Waals surface area contributed by atoms with Crippen LogP contribution >= 0.6 is 0 Å². The number of nitrogens with one attached hydrogen (secondary N) is 1. The van der Waals surface area contributed by atoms with Crippen molar-refractivity contribution in [2.75, 3.05) is 37.7 Å². The number of hydrogen-bond donors (Lipinski definition) is 1. The van der Waals surface area contributed by atoms with Crippen molar-refractivity contribution in [1.29, 1.82) is 0 Å². The molecule has 2 aromatic heterocycles. The van der Waals surface area contributed by atoms with Gasteiger partial charge < -0.3 is 14.5 Å². The van der Waals surface area contributed by atoms with Crippen LogP contribution in [0.25, 0.3) is 0 Å². The Kier molecular flexibility index (Phi) is 3.93. The Hall–Kier alpha value is -2.41. The number of rotatable bonds is 2. The van der Waals surface area contributed by atoms with Crippen LogP contribution in [0, 0.1) is 0 Å². The van der Waals surface area contributed by atoms with Crippen LogP contribution in [0.1, 0.15) is 23.3 Å². The molecule has 2 fully saturated rings. The zero-order valence-corrected chi connectivity index (χ0v) is 13.5. The number of anilines is 1. The smallest absolute Gasteiger partial charge is 0.272 e. The van der Waals surface area contributed by atoms with Gasteiger partial charge in [-0.05, 0) is 31.0 Å². The summed E-state index contributed by atoms with van der Waals surface area (Å²) in [5.74, 6) is -0.00586. The topological polar surface area (TPSA) is 74.3 Å². The van der Waals surface area contributed by atoms with Gasteiger partial charge in [0.25, 0.3) is 5.91 Å². The summed E-state index contributed by atoms with van der Waals surface area (Å²) in [6.45, 7) is 3.58. The van der Waals surface area contributed by atoms with Crippen molar-refractivity contribution in [2.24, 2.45) is 0 Å². The van der Waals surface area contributed by atoms with Crippen molar-refractivity contribution in [3.8, 4) is 0 Å². The highest BCUT2D eigenvalue weighted by Gasteiger charge is 2.42. The van der Waals surface area contributed by atoms with E-state index in [4.69, 9.17) is 4.74 Å². The van der Waals surface area contributed by atoms with Gasteiger partial charge in [-0.25, -0.2) is 0 Å². The van der Waals surface area contributed by atoms with Gasteiger partial charge in [-0.15, -0.1) is 0 Å². The second kappa shape index (κ2) is 6.24. The first kappa shape index (κ1) is 15.1. The van der Waals surface area contributed by atoms with Crippen LogP contribution in [0.15, 0.2) is 36.8 Å². The van der Waals surface area contributed by atoms with Gasteiger partial charge in [-0.2, -0.15) is 5.10 Å². The van der Waals surface area contributed by atoms with Gasteiger partial charge in [-0.3, -0.25) is 14.9 Å². The number of carbonyl (C=O) groups excluding carboxylic acids is 1. The largest absolute Gasteiger partial charge is 0.369 e. The third-order valence-electron chi connectivity index (χ3n) is 4.82. The maximum absolute atomic E-state index is 12.6. The number of H-pyrrole nitrogens is 1. The first-order valence-electron chi connectivity index (χ1n) is 8.33. The van der Waals surface area contributed by atoms with Crippen LogP contribution < -0.4 is 4.90 Å². The van der Waals surface area contributed by atoms with Crippen molar-refractivity contribution >= 4 is 11.6 Å². The third kappa shape index (κ3) is 2.87. The Balaban J connectivity index is 1.50. The number of carbonyl (C=O) groups is 1. The van der Waals surface area contributed by atoms with E-state index in [1.165, 1.54) is 0 Å². The summed E-state index contributed by atoms with van der Waals surface area (Å²) in [5, 5.41) is 6.63. The first-order chi connectivity index (χ1) is 11.8. The number of nitrogens with zero attached hydrogens (tertiary/aromatic N) is 4. The van der Waals surface area contributed by atoms with Crippen LogP contribution in [0.4, 0.5) is 5.69 Å². The minimum atomic E-state index is -0.304. The molecule has 7 heteroatoms. The predicted octanol–water partition coefficient (Wildman–Crippen LogP) is 1.32. The lowest BCUT2D eigenvalue weighted by atomic mass is 9.90. The Bertz CT molecular complexity index is 686. The molecular weight excluding hydrogens is 306 g/mol. The Morgan fingerprint density at radius 2 is 2.21 bits per heavy atom. The molecule has 1 spiro atoms. The lowest BCUT2D eigenvalue weighted by Gasteiger charge is -2.48. The fourth-order valence-electron chi connectivity index (χ4n) is 3.67. The fourth-order valence-corrected chi connectivity index (χ4v) is 3.67. The summed E-state index contributed by atoms with van der Waals surface area (Å²) in [6, 6.07) is 5.74. The molecule has 24 heavy (non-hydrogen) atoms. The molecule has 7 nitrogen and oxygen atoms in total. The molecule has 0 radical (unpaired) electrons. The standard InChI is InChI=1S/C17H21N5O2/c23-16(15-4-7-19-20-15)22-9-10-24-17(13-22)5-2-8-21(12-17)14-3-1-6-18-11-14/h1,3-4,6-7,11H,2,5,8-10,12-13H2,(H,19,20)/t17-/m0/s1. The number of aromatic nitrogens is 3. The van der Waals surface area contributed by atoms with Crippen LogP contribution in [0.5, 0.6) is 0 Å². The lowest BCUT2D eigenvalue weighted by Crippen LogP contribution is -2.60. The minimum Gasteiger partial charge on any atom is -0.369 e. The van der Waals surface area contributed by atoms with Crippen LogP contribution in [-0.2, 0) is 4.74 Å². The quantitative estimate of drug-likeness (QED) is 0.900. The number of morpholine rings is 1. The maximum Gasteiger partial charge on any atom is 0.272 e. The molecule has 0 saturated carbocycles. The van der Waals surface area contributed by atoms with Gasteiger partial charge in [-0.1, -0.05) is 0 Å². The summed E-state index contributed by atoms with van der Waals surface area (Å²) in [7, 11) is 0. The maximum atomic E-state index is 12.6. The summed E-state index contributed by atoms with van der Waals surface area (Å²) >= 11 is 0. The van der Waals surface area contributed by atoms with Gasteiger partial charge >= 0.3 is 0 Å². The predicted molar refractivity (Wildman–Crippen MR) is 88.9 cm³/mol. The molecule has 2 aromatic rings. The zero-order chi connectivity index (χ0) is 16.4. The number of ether oxygens (including phenoxy) is 1. The summed E-state index contributed by atoms with van der Waals surface area (Å²) in [5.41, 5.74) is 1.34. The van der Waals surface area contributed by atoms with E-state index < -0.39 is 0 Å². The molecule has 126 valence electrons. The number of hydrogen-bond acceptors (Lipinski definition) is 5. The minimum absolute atomic E-state index is 0.00586. The molecule has 4 heterocycles. The molecule has 0 bridgehead atoms. The van der Waals surface area contributed by atoms with Gasteiger partial charge in [0.2, 0.25) is 0 Å². The van der Waals surface area contributed by atoms with Gasteiger partial charge in [0.1, 0.15) is 11.3 Å². The molecule has 1 amide bonds. The molecule has 1 N–H and O–H groups in total. The van der Waals surface area contributed by atoms with E-state index in [1.54, 1.807) is 18.5 Å². The van der Waals surface area contributed by atoms with E-state index in [0.29, 0.717) is 25.4 Å². The average molecular weight is 327 g/mol. The Morgan fingerprint density at radius 3 is 3.00 bits per heavy atom. The Labute approximate surface area is 140 Å². The number of piperidine rings is 1. The van der Waals surface area contributed by atoms with Crippen LogP contribution in [-0.4, -0.2) is 64.4 Å². The number of aromatic amines is 1. The normalized spacial score (nSPS) is 24.3. The van der Waals surface area contributed by atoms with Crippen molar-refractivity contribution in [3.63, 3.8) is 0 Å². The molecule has 2 aliphatic rings. The van der Waals surface area contributed by atoms with Gasteiger partial charge in [0.15, 0.2) is 0 Å². The van der Waals surface area contributed by atoms with Crippen molar-refractivity contribution in [3.05, 3.63) is 42.5 Å². The van der Waals surface area contributed by atoms with Crippen molar-refractivity contribution in [1.82, 2.24) is 20.1 Å². The van der Waals surface area contributed by atoms with Crippen LogP contribution in [0.2, 0.25) is 0 Å². The van der Waals surface area contributed by atoms with Gasteiger partial charge in [0.05, 0.1) is 25.0 Å². The van der Waals surface area contributed by atoms with E-state index in [0.717, 1.165) is 31.6 Å². The molecule has 0 unspecified atom stereocenters. The van der Waals surface area contributed by atoms with E-state index >= 15 is 0 Å². The van der Waals surface area contributed by atoms with E-state index in [9.17, 15) is 4.79 Å². The molecule has 2 saturated heterocycles. The fraction of sp³-hybridized carbons (Fsp3) is 0.471.